The van der Waals surface area contributed by atoms with Crippen LogP contribution >= 0.6 is 0 Å². The Morgan fingerprint density at radius 2 is 1.77 bits per heavy atom. The number of pyridine rings is 1. The average Bonchev–Trinajstić information content (AvgIpc) is 3.15. The molecule has 0 amide bonds. The van der Waals surface area contributed by atoms with Crippen molar-refractivity contribution in [2.45, 2.75) is 18.6 Å². The fraction of sp³-hybridized carbons (Fsp3) is 0.240. The molecule has 4 heterocycles. The summed E-state index contributed by atoms with van der Waals surface area (Å²) in [6, 6.07) is 14.1. The molecule has 0 aliphatic carbocycles. The highest BCUT2D eigenvalue weighted by atomic mass is 19.1. The highest BCUT2D eigenvalue weighted by molar-refractivity contribution is 5.49. The zero-order valence-electron chi connectivity index (χ0n) is 18.6. The fourth-order valence-corrected chi connectivity index (χ4v) is 4.35. The van der Waals surface area contributed by atoms with Crippen LogP contribution < -0.4 is 15.3 Å². The zero-order valence-corrected chi connectivity index (χ0v) is 18.6. The lowest BCUT2D eigenvalue weighted by atomic mass is 9.86. The largest absolute Gasteiger partial charge is 0.457 e. The summed E-state index contributed by atoms with van der Waals surface area (Å²) in [5.74, 6) is 0.634. The van der Waals surface area contributed by atoms with E-state index in [0.29, 0.717) is 17.2 Å². The van der Waals surface area contributed by atoms with Gasteiger partial charge in [0.1, 0.15) is 40.9 Å². The zero-order chi connectivity index (χ0) is 24.0. The van der Waals surface area contributed by atoms with E-state index in [-0.39, 0.29) is 17.7 Å². The molecule has 8 nitrogen and oxygen atoms in total. The van der Waals surface area contributed by atoms with E-state index in [2.05, 4.69) is 15.0 Å². The molecule has 2 aliphatic heterocycles. The van der Waals surface area contributed by atoms with Gasteiger partial charge in [0.25, 0.3) is 0 Å². The number of benzene rings is 2. The second kappa shape index (κ2) is 8.31. The van der Waals surface area contributed by atoms with Crippen LogP contribution in [0.2, 0.25) is 0 Å². The molecule has 2 aromatic carbocycles. The molecule has 10 heteroatoms. The number of ether oxygens (including phenoxy) is 2. The first-order valence-electron chi connectivity index (χ1n) is 11.2. The number of nitrogens with zero attached hydrogens (tertiary/aromatic N) is 5. The summed E-state index contributed by atoms with van der Waals surface area (Å²) in [5.41, 5.74) is -0.189. The number of hydrogen-bond acceptors (Lipinski definition) is 6. The van der Waals surface area contributed by atoms with Crippen molar-refractivity contribution < 1.29 is 18.3 Å². The minimum absolute atomic E-state index is 0.0167. The van der Waals surface area contributed by atoms with E-state index in [1.165, 1.54) is 12.4 Å². The molecule has 0 saturated carbocycles. The predicted octanol–water partition coefficient (Wildman–Crippen LogP) is 3.53. The van der Waals surface area contributed by atoms with Crippen molar-refractivity contribution in [3.8, 4) is 17.2 Å². The van der Waals surface area contributed by atoms with Crippen molar-refractivity contribution in [3.05, 3.63) is 94.8 Å². The Labute approximate surface area is 199 Å². The number of aromatic nitrogens is 4. The Morgan fingerprint density at radius 3 is 2.46 bits per heavy atom. The van der Waals surface area contributed by atoms with Crippen molar-refractivity contribution in [2.75, 3.05) is 24.6 Å². The van der Waals surface area contributed by atoms with Crippen LogP contribution in [0, 0.1) is 11.6 Å². The number of halogens is 2. The molecule has 2 fully saturated rings. The highest BCUT2D eigenvalue weighted by Gasteiger charge is 2.49. The summed E-state index contributed by atoms with van der Waals surface area (Å²) in [4.78, 5) is 19.3. The Balaban J connectivity index is 1.15. The van der Waals surface area contributed by atoms with E-state index in [1.54, 1.807) is 36.5 Å². The molecule has 178 valence electrons. The maximum Gasteiger partial charge on any atom is 0.350 e. The molecule has 4 aromatic rings. The van der Waals surface area contributed by atoms with E-state index in [1.807, 2.05) is 6.07 Å². The first-order chi connectivity index (χ1) is 17.0. The lowest BCUT2D eigenvalue weighted by Crippen LogP contribution is -2.68. The van der Waals surface area contributed by atoms with Gasteiger partial charge in [-0.3, -0.25) is 4.57 Å². The van der Waals surface area contributed by atoms with Gasteiger partial charge in [-0.05, 0) is 42.5 Å². The second-order valence-corrected chi connectivity index (χ2v) is 8.74. The van der Waals surface area contributed by atoms with Gasteiger partial charge < -0.3 is 14.4 Å². The SMILES string of the molecule is O=c1n(Cc2c(F)cccc2F)cnn1-c1ccc(Oc2ccnc(N3CC4(CCO4)C3)c2)cc1. The number of hydrogen-bond donors (Lipinski definition) is 0. The van der Waals surface area contributed by atoms with Gasteiger partial charge in [-0.1, -0.05) is 6.07 Å². The molecule has 2 saturated heterocycles. The third-order valence-electron chi connectivity index (χ3n) is 6.41. The third kappa shape index (κ3) is 3.95. The van der Waals surface area contributed by atoms with Gasteiger partial charge in [0, 0.05) is 24.2 Å². The molecular formula is C25H21F2N5O3. The summed E-state index contributed by atoms with van der Waals surface area (Å²) in [6.45, 7) is 2.25. The van der Waals surface area contributed by atoms with Gasteiger partial charge in [0.2, 0.25) is 0 Å². The van der Waals surface area contributed by atoms with Gasteiger partial charge in [0.15, 0.2) is 0 Å². The van der Waals surface area contributed by atoms with Crippen LogP contribution in [0.5, 0.6) is 11.5 Å². The lowest BCUT2D eigenvalue weighted by Gasteiger charge is -2.55. The molecule has 0 unspecified atom stereocenters. The average molecular weight is 477 g/mol. The van der Waals surface area contributed by atoms with E-state index in [9.17, 15) is 13.6 Å². The molecule has 0 atom stereocenters. The number of anilines is 1. The molecule has 0 radical (unpaired) electrons. The normalized spacial score (nSPS) is 16.1. The molecule has 0 bridgehead atoms. The first kappa shape index (κ1) is 21.5. The molecule has 1 spiro atoms. The lowest BCUT2D eigenvalue weighted by molar-refractivity contribution is -0.161. The van der Waals surface area contributed by atoms with Crippen molar-refractivity contribution in [3.63, 3.8) is 0 Å². The first-order valence-corrected chi connectivity index (χ1v) is 11.2. The minimum Gasteiger partial charge on any atom is -0.457 e. The predicted molar refractivity (Wildman–Crippen MR) is 123 cm³/mol. The monoisotopic (exact) mass is 477 g/mol. The van der Waals surface area contributed by atoms with Gasteiger partial charge in [-0.2, -0.15) is 9.78 Å². The van der Waals surface area contributed by atoms with Gasteiger partial charge in [-0.15, -0.1) is 0 Å². The van der Waals surface area contributed by atoms with Gasteiger partial charge in [-0.25, -0.2) is 18.6 Å². The van der Waals surface area contributed by atoms with Crippen LogP contribution in [-0.2, 0) is 11.3 Å². The van der Waals surface area contributed by atoms with Crippen molar-refractivity contribution in [2.24, 2.45) is 0 Å². The molecular weight excluding hydrogens is 456 g/mol. The summed E-state index contributed by atoms with van der Waals surface area (Å²) in [6.07, 6.45) is 4.05. The highest BCUT2D eigenvalue weighted by Crippen LogP contribution is 2.38. The van der Waals surface area contributed by atoms with Crippen LogP contribution in [0.4, 0.5) is 14.6 Å². The minimum atomic E-state index is -0.713. The maximum atomic E-state index is 14.0. The Morgan fingerprint density at radius 1 is 1.03 bits per heavy atom. The van der Waals surface area contributed by atoms with Crippen LogP contribution in [0.25, 0.3) is 5.69 Å². The van der Waals surface area contributed by atoms with Gasteiger partial charge in [0.05, 0.1) is 31.9 Å². The number of rotatable bonds is 6. The molecule has 2 aliphatic rings. The smallest absolute Gasteiger partial charge is 0.350 e. The van der Waals surface area contributed by atoms with Crippen molar-refractivity contribution >= 4 is 5.82 Å². The standard InChI is InChI=1S/C25H21F2N5O3/c26-21-2-1-3-22(27)20(21)13-30-16-29-32(24(30)33)17-4-6-18(7-5-17)35-19-8-10-28-23(12-19)31-14-25(15-31)9-11-34-25/h1-8,10,12,16H,9,11,13-15H2. The van der Waals surface area contributed by atoms with E-state index in [4.69, 9.17) is 9.47 Å². The summed E-state index contributed by atoms with van der Waals surface area (Å²) in [7, 11) is 0. The van der Waals surface area contributed by atoms with Crippen LogP contribution in [-0.4, -0.2) is 44.6 Å². The topological polar surface area (TPSA) is 74.4 Å². The maximum absolute atomic E-state index is 14.0. The van der Waals surface area contributed by atoms with E-state index < -0.39 is 17.3 Å². The Bertz CT molecular complexity index is 1420. The Hall–Kier alpha value is -4.05. The quantitative estimate of drug-likeness (QED) is 0.423. The molecule has 6 rings (SSSR count). The fourth-order valence-electron chi connectivity index (χ4n) is 4.35. The summed E-state index contributed by atoms with van der Waals surface area (Å²) >= 11 is 0. The van der Waals surface area contributed by atoms with Crippen LogP contribution in [0.3, 0.4) is 0 Å². The Kier molecular flexibility index (Phi) is 5.10. The van der Waals surface area contributed by atoms with Crippen molar-refractivity contribution in [1.82, 2.24) is 19.3 Å². The van der Waals surface area contributed by atoms with Gasteiger partial charge >= 0.3 is 5.69 Å². The summed E-state index contributed by atoms with van der Waals surface area (Å²) in [5, 5.41) is 4.08. The third-order valence-corrected chi connectivity index (χ3v) is 6.41. The molecule has 35 heavy (non-hydrogen) atoms. The summed E-state index contributed by atoms with van der Waals surface area (Å²) < 4.78 is 41.9. The second-order valence-electron chi connectivity index (χ2n) is 8.74. The van der Waals surface area contributed by atoms with E-state index >= 15 is 0 Å². The molecule has 2 aromatic heterocycles. The van der Waals surface area contributed by atoms with E-state index in [0.717, 1.165) is 53.3 Å². The van der Waals surface area contributed by atoms with Crippen LogP contribution in [0.1, 0.15) is 12.0 Å². The molecule has 0 N–H and O–H groups in total. The van der Waals surface area contributed by atoms with Crippen LogP contribution in [0.15, 0.2) is 71.9 Å². The van der Waals surface area contributed by atoms with Crippen molar-refractivity contribution in [1.29, 1.82) is 0 Å².